The Labute approximate surface area is 118 Å². The lowest BCUT2D eigenvalue weighted by molar-refractivity contribution is 0.127. The van der Waals surface area contributed by atoms with E-state index in [1.807, 2.05) is 32.0 Å². The van der Waals surface area contributed by atoms with Crippen molar-refractivity contribution in [3.05, 3.63) is 35.4 Å². The summed E-state index contributed by atoms with van der Waals surface area (Å²) in [5.74, 6) is 0. The Kier molecular flexibility index (Phi) is 6.05. The summed E-state index contributed by atoms with van der Waals surface area (Å²) >= 11 is 0. The van der Waals surface area contributed by atoms with E-state index in [9.17, 15) is 0 Å². The van der Waals surface area contributed by atoms with E-state index in [-0.39, 0.29) is 0 Å². The number of hydrogen-bond acceptors (Lipinski definition) is 2. The summed E-state index contributed by atoms with van der Waals surface area (Å²) < 4.78 is 0. The fraction of sp³-hybridized carbons (Fsp3) is 0.588. The summed E-state index contributed by atoms with van der Waals surface area (Å²) in [5, 5.41) is 8.87. The molecule has 2 nitrogen and oxygen atoms in total. The Morgan fingerprint density at radius 1 is 1.21 bits per heavy atom. The molecule has 19 heavy (non-hydrogen) atoms. The maximum atomic E-state index is 8.87. The summed E-state index contributed by atoms with van der Waals surface area (Å²) in [6, 6.07) is 10.1. The molecule has 1 aliphatic rings. The highest BCUT2D eigenvalue weighted by Gasteiger charge is 2.25. The van der Waals surface area contributed by atoms with Crippen LogP contribution in [0.5, 0.6) is 0 Å². The van der Waals surface area contributed by atoms with Gasteiger partial charge in [-0.3, -0.25) is 4.90 Å². The number of rotatable bonds is 2. The molecule has 2 heteroatoms. The van der Waals surface area contributed by atoms with Crippen LogP contribution >= 0.6 is 0 Å². The lowest BCUT2D eigenvalue weighted by Crippen LogP contribution is -2.36. The van der Waals surface area contributed by atoms with Crippen molar-refractivity contribution >= 4 is 0 Å². The van der Waals surface area contributed by atoms with Gasteiger partial charge in [0.15, 0.2) is 0 Å². The molecule has 0 N–H and O–H groups in total. The number of likely N-dealkylation sites (tertiary alicyclic amines) is 1. The van der Waals surface area contributed by atoms with Gasteiger partial charge in [0.1, 0.15) is 0 Å². The molecule has 2 rings (SSSR count). The SMILES string of the molecule is CC.CC1(C)CCN(Cc2cccc(C#N)c2)CC1. The molecule has 1 aliphatic heterocycles. The third kappa shape index (κ3) is 5.04. The summed E-state index contributed by atoms with van der Waals surface area (Å²) in [6.45, 7) is 12.0. The molecule has 0 bridgehead atoms. The maximum Gasteiger partial charge on any atom is 0.0991 e. The minimum absolute atomic E-state index is 0.505. The topological polar surface area (TPSA) is 27.0 Å². The largest absolute Gasteiger partial charge is 0.299 e. The van der Waals surface area contributed by atoms with E-state index in [0.717, 1.165) is 12.1 Å². The van der Waals surface area contributed by atoms with Crippen LogP contribution in [0.2, 0.25) is 0 Å². The molecule has 1 fully saturated rings. The monoisotopic (exact) mass is 258 g/mol. The minimum Gasteiger partial charge on any atom is -0.299 e. The predicted octanol–water partition coefficient (Wildman–Crippen LogP) is 4.21. The highest BCUT2D eigenvalue weighted by molar-refractivity contribution is 5.32. The molecule has 0 amide bonds. The van der Waals surface area contributed by atoms with Gasteiger partial charge in [0.2, 0.25) is 0 Å². The molecule has 104 valence electrons. The third-order valence-corrected chi connectivity index (χ3v) is 3.67. The van der Waals surface area contributed by atoms with Crippen molar-refractivity contribution in [1.82, 2.24) is 4.90 Å². The molecule has 0 saturated carbocycles. The number of nitriles is 1. The second-order valence-corrected chi connectivity index (χ2v) is 5.75. The number of hydrogen-bond donors (Lipinski definition) is 0. The average Bonchev–Trinajstić information content (AvgIpc) is 2.44. The maximum absolute atomic E-state index is 8.87. The van der Waals surface area contributed by atoms with Crippen LogP contribution in [0.25, 0.3) is 0 Å². The van der Waals surface area contributed by atoms with Gasteiger partial charge in [-0.05, 0) is 49.0 Å². The van der Waals surface area contributed by atoms with Gasteiger partial charge in [-0.25, -0.2) is 0 Å². The lowest BCUT2D eigenvalue weighted by Gasteiger charge is -2.36. The molecule has 0 aliphatic carbocycles. The van der Waals surface area contributed by atoms with E-state index in [0.29, 0.717) is 5.41 Å². The normalized spacial score (nSPS) is 18.1. The van der Waals surface area contributed by atoms with Crippen LogP contribution in [0.1, 0.15) is 51.7 Å². The van der Waals surface area contributed by atoms with Crippen molar-refractivity contribution in [2.45, 2.75) is 47.1 Å². The molecule has 0 radical (unpaired) electrons. The Morgan fingerprint density at radius 2 is 1.84 bits per heavy atom. The average molecular weight is 258 g/mol. The van der Waals surface area contributed by atoms with Crippen LogP contribution < -0.4 is 0 Å². The van der Waals surface area contributed by atoms with Gasteiger partial charge in [0, 0.05) is 6.54 Å². The molecule has 1 heterocycles. The van der Waals surface area contributed by atoms with Gasteiger partial charge >= 0.3 is 0 Å². The van der Waals surface area contributed by atoms with E-state index < -0.39 is 0 Å². The van der Waals surface area contributed by atoms with Gasteiger partial charge in [0.05, 0.1) is 11.6 Å². The Bertz CT molecular complexity index is 419. The first-order chi connectivity index (χ1) is 9.09. The van der Waals surface area contributed by atoms with Crippen molar-refractivity contribution in [3.63, 3.8) is 0 Å². The van der Waals surface area contributed by atoms with Crippen molar-refractivity contribution < 1.29 is 0 Å². The standard InChI is InChI=1S/C15H20N2.C2H6/c1-15(2)6-8-17(9-7-15)12-14-5-3-4-13(10-14)11-16;1-2/h3-5,10H,6-9,12H2,1-2H3;1-2H3. The molecular formula is C17H26N2. The van der Waals surface area contributed by atoms with E-state index in [2.05, 4.69) is 30.9 Å². The number of piperidine rings is 1. The summed E-state index contributed by atoms with van der Waals surface area (Å²) in [5.41, 5.74) is 2.52. The van der Waals surface area contributed by atoms with Crippen LogP contribution in [0.3, 0.4) is 0 Å². The first-order valence-electron chi connectivity index (χ1n) is 7.30. The fourth-order valence-corrected chi connectivity index (χ4v) is 2.31. The van der Waals surface area contributed by atoms with Crippen molar-refractivity contribution in [2.75, 3.05) is 13.1 Å². The number of nitrogens with zero attached hydrogens (tertiary/aromatic N) is 2. The summed E-state index contributed by atoms with van der Waals surface area (Å²) in [6.07, 6.45) is 2.54. The fourth-order valence-electron chi connectivity index (χ4n) is 2.31. The van der Waals surface area contributed by atoms with Crippen molar-refractivity contribution in [2.24, 2.45) is 5.41 Å². The minimum atomic E-state index is 0.505. The molecule has 1 aromatic rings. The van der Waals surface area contributed by atoms with E-state index in [4.69, 9.17) is 5.26 Å². The zero-order valence-corrected chi connectivity index (χ0v) is 12.7. The van der Waals surface area contributed by atoms with E-state index >= 15 is 0 Å². The van der Waals surface area contributed by atoms with Crippen LogP contribution in [0.15, 0.2) is 24.3 Å². The number of benzene rings is 1. The van der Waals surface area contributed by atoms with Gasteiger partial charge in [-0.1, -0.05) is 39.8 Å². The molecular weight excluding hydrogens is 232 g/mol. The zero-order chi connectivity index (χ0) is 14.3. The van der Waals surface area contributed by atoms with Crippen LogP contribution in [0, 0.1) is 16.7 Å². The summed E-state index contributed by atoms with van der Waals surface area (Å²) in [4.78, 5) is 2.49. The highest BCUT2D eigenvalue weighted by Crippen LogP contribution is 2.30. The van der Waals surface area contributed by atoms with Crippen molar-refractivity contribution in [1.29, 1.82) is 5.26 Å². The van der Waals surface area contributed by atoms with Crippen molar-refractivity contribution in [3.8, 4) is 6.07 Å². The van der Waals surface area contributed by atoms with E-state index in [1.165, 1.54) is 31.5 Å². The first-order valence-corrected chi connectivity index (χ1v) is 7.30. The second-order valence-electron chi connectivity index (χ2n) is 5.75. The van der Waals surface area contributed by atoms with Crippen LogP contribution in [-0.2, 0) is 6.54 Å². The van der Waals surface area contributed by atoms with E-state index in [1.54, 1.807) is 0 Å². The predicted molar refractivity (Wildman–Crippen MR) is 80.8 cm³/mol. The Hall–Kier alpha value is -1.33. The first kappa shape index (κ1) is 15.7. The molecule has 0 aromatic heterocycles. The van der Waals surface area contributed by atoms with Gasteiger partial charge in [0.25, 0.3) is 0 Å². The molecule has 1 aromatic carbocycles. The molecule has 0 atom stereocenters. The van der Waals surface area contributed by atoms with Gasteiger partial charge < -0.3 is 0 Å². The van der Waals surface area contributed by atoms with Gasteiger partial charge in [-0.2, -0.15) is 5.26 Å². The summed E-state index contributed by atoms with van der Waals surface area (Å²) in [7, 11) is 0. The quantitative estimate of drug-likeness (QED) is 0.794. The lowest BCUT2D eigenvalue weighted by atomic mass is 9.82. The Morgan fingerprint density at radius 3 is 2.42 bits per heavy atom. The molecule has 1 saturated heterocycles. The molecule has 0 spiro atoms. The Balaban J connectivity index is 0.000000861. The molecule has 0 unspecified atom stereocenters. The third-order valence-electron chi connectivity index (χ3n) is 3.67. The van der Waals surface area contributed by atoms with Gasteiger partial charge in [-0.15, -0.1) is 0 Å². The van der Waals surface area contributed by atoms with Crippen LogP contribution in [-0.4, -0.2) is 18.0 Å². The van der Waals surface area contributed by atoms with Crippen LogP contribution in [0.4, 0.5) is 0 Å². The smallest absolute Gasteiger partial charge is 0.0991 e. The second kappa shape index (κ2) is 7.31. The highest BCUT2D eigenvalue weighted by atomic mass is 15.1. The zero-order valence-electron chi connectivity index (χ0n) is 12.7.